The van der Waals surface area contributed by atoms with Crippen molar-refractivity contribution in [3.63, 3.8) is 0 Å². The van der Waals surface area contributed by atoms with Gasteiger partial charge in [0, 0.05) is 11.8 Å². The van der Waals surface area contributed by atoms with Gasteiger partial charge >= 0.3 is 0 Å². The summed E-state index contributed by atoms with van der Waals surface area (Å²) in [6, 6.07) is 4.46. The molecule has 0 saturated heterocycles. The van der Waals surface area contributed by atoms with E-state index in [9.17, 15) is 8.78 Å². The standard InChI is InChI=1S/C12H19N5S.C9H8F2/c1-2-7-18-12-16-10(14)9(13)11(17-12)15-8-5-3-4-6-8;10-8-4-3-7(5-9(8)11)6-1-2-6/h3,5,8H,2,4,6-7,13H2,1H3,(H3,14,15,16,17);3-6H,1-2H2. The maximum Gasteiger partial charge on any atom is 0.191 e. The number of nitrogens with zero attached hydrogens (tertiary/aromatic N) is 2. The van der Waals surface area contributed by atoms with Crippen molar-refractivity contribution in [3.05, 3.63) is 47.5 Å². The predicted octanol–water partition coefficient (Wildman–Crippen LogP) is 5.12. The molecule has 0 amide bonds. The molecule has 0 bridgehead atoms. The van der Waals surface area contributed by atoms with Gasteiger partial charge in [-0.15, -0.1) is 0 Å². The normalized spacial score (nSPS) is 17.7. The minimum absolute atomic E-state index is 0.297. The fourth-order valence-corrected chi connectivity index (χ4v) is 3.65. The number of halogens is 2. The third kappa shape index (κ3) is 6.06. The Bertz CT molecular complexity index is 870. The first-order valence-corrected chi connectivity index (χ1v) is 10.9. The van der Waals surface area contributed by atoms with E-state index in [1.807, 2.05) is 0 Å². The lowest BCUT2D eigenvalue weighted by molar-refractivity contribution is 0.507. The smallest absolute Gasteiger partial charge is 0.191 e. The molecule has 8 heteroatoms. The number of benzene rings is 1. The van der Waals surface area contributed by atoms with Crippen molar-refractivity contribution in [1.82, 2.24) is 9.97 Å². The van der Waals surface area contributed by atoms with Crippen molar-refractivity contribution < 1.29 is 8.78 Å². The maximum atomic E-state index is 12.6. The molecule has 5 nitrogen and oxygen atoms in total. The quantitative estimate of drug-likeness (QED) is 0.342. The molecule has 1 unspecified atom stereocenters. The highest BCUT2D eigenvalue weighted by atomic mass is 32.2. The second-order valence-corrected chi connectivity index (χ2v) is 8.27. The molecule has 1 fully saturated rings. The van der Waals surface area contributed by atoms with Crippen molar-refractivity contribution >= 4 is 29.1 Å². The van der Waals surface area contributed by atoms with Crippen LogP contribution in [0.4, 0.5) is 26.1 Å². The van der Waals surface area contributed by atoms with Crippen molar-refractivity contribution in [2.75, 3.05) is 22.5 Å². The number of nitrogen functional groups attached to an aromatic ring is 2. The molecule has 2 aliphatic carbocycles. The zero-order chi connectivity index (χ0) is 20.8. The van der Waals surface area contributed by atoms with Gasteiger partial charge < -0.3 is 16.8 Å². The van der Waals surface area contributed by atoms with Crippen LogP contribution >= 0.6 is 11.8 Å². The predicted molar refractivity (Wildman–Crippen MR) is 116 cm³/mol. The summed E-state index contributed by atoms with van der Waals surface area (Å²) in [6.45, 7) is 2.12. The van der Waals surface area contributed by atoms with Gasteiger partial charge in [0.05, 0.1) is 0 Å². The van der Waals surface area contributed by atoms with Crippen LogP contribution in [0.15, 0.2) is 35.5 Å². The number of thioether (sulfide) groups is 1. The first-order valence-electron chi connectivity index (χ1n) is 9.91. The van der Waals surface area contributed by atoms with Crippen LogP contribution in [0.3, 0.4) is 0 Å². The monoisotopic (exact) mass is 419 g/mol. The van der Waals surface area contributed by atoms with E-state index in [1.165, 1.54) is 12.1 Å². The highest BCUT2D eigenvalue weighted by Gasteiger charge is 2.24. The average Bonchev–Trinajstić information content (AvgIpc) is 3.43. The minimum Gasteiger partial charge on any atom is -0.393 e. The molecular formula is C21H27F2N5S. The summed E-state index contributed by atoms with van der Waals surface area (Å²) < 4.78 is 25.0. The van der Waals surface area contributed by atoms with Gasteiger partial charge in [0.15, 0.2) is 28.4 Å². The lowest BCUT2D eigenvalue weighted by atomic mass is 10.1. The Hall–Kier alpha value is -2.35. The largest absolute Gasteiger partial charge is 0.393 e. The number of nitrogens with two attached hydrogens (primary N) is 2. The van der Waals surface area contributed by atoms with Gasteiger partial charge in [-0.05, 0) is 55.7 Å². The van der Waals surface area contributed by atoms with Crippen LogP contribution in [0.2, 0.25) is 0 Å². The molecule has 4 rings (SSSR count). The summed E-state index contributed by atoms with van der Waals surface area (Å²) in [5, 5.41) is 4.00. The lowest BCUT2D eigenvalue weighted by Gasteiger charge is -2.15. The van der Waals surface area contributed by atoms with E-state index in [0.717, 1.165) is 43.4 Å². The Morgan fingerprint density at radius 1 is 1.14 bits per heavy atom. The van der Waals surface area contributed by atoms with Gasteiger partial charge in [-0.1, -0.05) is 36.9 Å². The number of allylic oxidation sites excluding steroid dienone is 1. The van der Waals surface area contributed by atoms with Crippen LogP contribution in [-0.2, 0) is 0 Å². The lowest BCUT2D eigenvalue weighted by Crippen LogP contribution is -2.17. The highest BCUT2D eigenvalue weighted by Crippen LogP contribution is 2.40. The Balaban J connectivity index is 0.000000186. The van der Waals surface area contributed by atoms with Gasteiger partial charge in [0.2, 0.25) is 0 Å². The van der Waals surface area contributed by atoms with E-state index < -0.39 is 11.6 Å². The molecule has 5 N–H and O–H groups in total. The zero-order valence-corrected chi connectivity index (χ0v) is 17.3. The zero-order valence-electron chi connectivity index (χ0n) is 16.5. The fourth-order valence-electron chi connectivity index (χ4n) is 2.94. The number of hydrogen-bond acceptors (Lipinski definition) is 6. The fraction of sp³-hybridized carbons (Fsp3) is 0.429. The SMILES string of the molecule is CCCSc1nc(N)c(N)c(NC2C=CCC2)n1.Fc1ccc(C2CC2)cc1F. The average molecular weight is 420 g/mol. The summed E-state index contributed by atoms with van der Waals surface area (Å²) in [5.74, 6) is 0.992. The minimum atomic E-state index is -0.755. The molecule has 1 saturated carbocycles. The van der Waals surface area contributed by atoms with Crippen LogP contribution in [0.5, 0.6) is 0 Å². The Morgan fingerprint density at radius 2 is 1.93 bits per heavy atom. The summed E-state index contributed by atoms with van der Waals surface area (Å²) >= 11 is 1.60. The molecule has 1 heterocycles. The van der Waals surface area contributed by atoms with E-state index in [2.05, 4.69) is 34.4 Å². The molecule has 1 aromatic heterocycles. The molecule has 0 aliphatic heterocycles. The van der Waals surface area contributed by atoms with Gasteiger partial charge in [0.25, 0.3) is 0 Å². The highest BCUT2D eigenvalue weighted by molar-refractivity contribution is 7.99. The maximum absolute atomic E-state index is 12.6. The van der Waals surface area contributed by atoms with E-state index >= 15 is 0 Å². The molecule has 1 aromatic carbocycles. The van der Waals surface area contributed by atoms with Gasteiger partial charge in [-0.25, -0.2) is 18.7 Å². The van der Waals surface area contributed by atoms with E-state index in [-0.39, 0.29) is 0 Å². The van der Waals surface area contributed by atoms with E-state index in [1.54, 1.807) is 17.8 Å². The molecular weight excluding hydrogens is 392 g/mol. The van der Waals surface area contributed by atoms with Crippen LogP contribution < -0.4 is 16.8 Å². The third-order valence-corrected chi connectivity index (χ3v) is 5.77. The Morgan fingerprint density at radius 3 is 2.55 bits per heavy atom. The van der Waals surface area contributed by atoms with Crippen LogP contribution in [-0.4, -0.2) is 21.8 Å². The Kier molecular flexibility index (Phi) is 7.30. The van der Waals surface area contributed by atoms with Gasteiger partial charge in [-0.3, -0.25) is 0 Å². The second kappa shape index (κ2) is 9.91. The summed E-state index contributed by atoms with van der Waals surface area (Å²) in [7, 11) is 0. The van der Waals surface area contributed by atoms with Crippen molar-refractivity contribution in [1.29, 1.82) is 0 Å². The molecule has 0 spiro atoms. The first kappa shape index (κ1) is 21.4. The van der Waals surface area contributed by atoms with E-state index in [0.29, 0.717) is 34.4 Å². The molecule has 2 aromatic rings. The Labute approximate surface area is 174 Å². The topological polar surface area (TPSA) is 89.8 Å². The van der Waals surface area contributed by atoms with E-state index in [4.69, 9.17) is 11.5 Å². The van der Waals surface area contributed by atoms with Gasteiger partial charge in [-0.2, -0.15) is 0 Å². The summed E-state index contributed by atoms with van der Waals surface area (Å²) in [4.78, 5) is 8.63. The second-order valence-electron chi connectivity index (χ2n) is 7.21. The van der Waals surface area contributed by atoms with Crippen LogP contribution in [0.1, 0.15) is 50.5 Å². The molecule has 1 atom stereocenters. The molecule has 29 heavy (non-hydrogen) atoms. The van der Waals surface area contributed by atoms with Crippen molar-refractivity contribution in [2.24, 2.45) is 0 Å². The molecule has 0 radical (unpaired) electrons. The summed E-state index contributed by atoms with van der Waals surface area (Å²) in [6.07, 6.45) is 9.76. The number of rotatable bonds is 6. The molecule has 2 aliphatic rings. The van der Waals surface area contributed by atoms with Gasteiger partial charge in [0.1, 0.15) is 5.69 Å². The number of aromatic nitrogens is 2. The van der Waals surface area contributed by atoms with Crippen molar-refractivity contribution in [3.8, 4) is 0 Å². The number of anilines is 3. The molecule has 156 valence electrons. The number of hydrogen-bond donors (Lipinski definition) is 3. The van der Waals surface area contributed by atoms with Crippen LogP contribution in [0.25, 0.3) is 0 Å². The third-order valence-electron chi connectivity index (χ3n) is 4.72. The van der Waals surface area contributed by atoms with Crippen molar-refractivity contribution in [2.45, 2.75) is 56.1 Å². The number of nitrogens with one attached hydrogen (secondary N) is 1. The summed E-state index contributed by atoms with van der Waals surface area (Å²) in [5.41, 5.74) is 13.1. The first-order chi connectivity index (χ1) is 14.0. The van der Waals surface area contributed by atoms with Crippen LogP contribution in [0, 0.1) is 11.6 Å².